The molecule has 25 heavy (non-hydrogen) atoms. The van der Waals surface area contributed by atoms with Crippen LogP contribution in [0.25, 0.3) is 0 Å². The summed E-state index contributed by atoms with van der Waals surface area (Å²) >= 11 is -2.66. The Kier molecular flexibility index (Phi) is 8.21. The van der Waals surface area contributed by atoms with Gasteiger partial charge in [-0.1, -0.05) is 0 Å². The molecule has 0 N–H and O–H groups in total. The van der Waals surface area contributed by atoms with Crippen LogP contribution in [0.3, 0.4) is 0 Å². The van der Waals surface area contributed by atoms with Crippen LogP contribution in [0.4, 0.5) is 0 Å². The zero-order valence-electron chi connectivity index (χ0n) is 14.7. The van der Waals surface area contributed by atoms with Crippen molar-refractivity contribution < 1.29 is 0 Å². The van der Waals surface area contributed by atoms with Crippen LogP contribution in [0.15, 0.2) is 28.2 Å². The van der Waals surface area contributed by atoms with E-state index in [0.717, 1.165) is 14.4 Å². The van der Waals surface area contributed by atoms with Crippen LogP contribution in [-0.2, 0) is 0 Å². The summed E-state index contributed by atoms with van der Waals surface area (Å²) < 4.78 is 1.14. The standard InChI is InChI=1S/C20H27N2.Bi.2ClH/c1-3-10-19(11-4-1)21-15-17-8-7-9-18(14-17)16-22-20-12-5-2-6-13-20;;;/h7-9,15-16,19-20H,1-6,10-13H2;;2*1H/q;+2;;/p-2. The van der Waals surface area contributed by atoms with Gasteiger partial charge in [0.05, 0.1) is 0 Å². The van der Waals surface area contributed by atoms with E-state index in [-0.39, 0.29) is 0 Å². The van der Waals surface area contributed by atoms with Gasteiger partial charge < -0.3 is 0 Å². The number of nitrogens with zero attached hydrogens (tertiary/aromatic N) is 2. The molecule has 136 valence electrons. The predicted octanol–water partition coefficient (Wildman–Crippen LogP) is 5.36. The van der Waals surface area contributed by atoms with Crippen molar-refractivity contribution in [2.24, 2.45) is 9.98 Å². The molecule has 0 atom stereocenters. The number of hydrogen-bond acceptors (Lipinski definition) is 2. The molecule has 1 aromatic carbocycles. The molecule has 0 radical (unpaired) electrons. The van der Waals surface area contributed by atoms with Crippen LogP contribution < -0.4 is 3.27 Å². The average Bonchev–Trinajstić information content (AvgIpc) is 2.66. The van der Waals surface area contributed by atoms with Crippen molar-refractivity contribution >= 4 is 52.1 Å². The molecular formula is C20H27BiCl2N2. The van der Waals surface area contributed by atoms with Gasteiger partial charge in [0.25, 0.3) is 0 Å². The first-order chi connectivity index (χ1) is 12.2. The Morgan fingerprint density at radius 2 is 1.20 bits per heavy atom. The molecule has 3 rings (SSSR count). The Hall–Kier alpha value is 0.0231. The number of aliphatic imine (C=N–C) groups is 2. The SMILES string of the molecule is [Cl][Bi]([Cl])[c]1c(C=NC2CCCCC2)cccc1C=NC1CCCCC1. The van der Waals surface area contributed by atoms with Crippen molar-refractivity contribution in [1.29, 1.82) is 0 Å². The molecule has 2 aliphatic carbocycles. The molecule has 2 nitrogen and oxygen atoms in total. The molecule has 0 bridgehead atoms. The first-order valence-corrected chi connectivity index (χ1v) is 19.8. The molecule has 0 heterocycles. The zero-order valence-corrected chi connectivity index (χ0v) is 19.7. The Labute approximate surface area is 166 Å². The third kappa shape index (κ3) is 6.01. The summed E-state index contributed by atoms with van der Waals surface area (Å²) in [6.45, 7) is 0. The van der Waals surface area contributed by atoms with Crippen molar-refractivity contribution in [3.8, 4) is 0 Å². The van der Waals surface area contributed by atoms with Gasteiger partial charge in [-0.3, -0.25) is 0 Å². The molecular weight excluding hydrogens is 548 g/mol. The predicted molar refractivity (Wildman–Crippen MR) is 112 cm³/mol. The normalized spacial score (nSPS) is 20.9. The summed E-state index contributed by atoms with van der Waals surface area (Å²) in [7, 11) is 13.0. The second kappa shape index (κ2) is 10.4. The Bertz CT molecular complexity index is 557. The minimum atomic E-state index is -2.66. The molecule has 0 unspecified atom stereocenters. The van der Waals surface area contributed by atoms with Gasteiger partial charge in [-0.25, -0.2) is 0 Å². The molecule has 0 aliphatic heterocycles. The van der Waals surface area contributed by atoms with E-state index in [0.29, 0.717) is 12.1 Å². The van der Waals surface area contributed by atoms with Crippen LogP contribution in [0.5, 0.6) is 0 Å². The third-order valence-electron chi connectivity index (χ3n) is 5.27. The third-order valence-corrected chi connectivity index (χ3v) is 11.6. The zero-order chi connectivity index (χ0) is 17.5. The molecule has 0 saturated heterocycles. The second-order valence-corrected chi connectivity index (χ2v) is 18.2. The fourth-order valence-electron chi connectivity index (χ4n) is 3.82. The van der Waals surface area contributed by atoms with Gasteiger partial charge in [0.2, 0.25) is 0 Å². The molecule has 2 aliphatic rings. The van der Waals surface area contributed by atoms with E-state index in [1.807, 2.05) is 12.4 Å². The van der Waals surface area contributed by atoms with Crippen LogP contribution in [0.2, 0.25) is 0 Å². The molecule has 2 saturated carbocycles. The number of hydrogen-bond donors (Lipinski definition) is 0. The maximum absolute atomic E-state index is 6.50. The Balaban J connectivity index is 1.78. The molecule has 0 amide bonds. The van der Waals surface area contributed by atoms with Crippen LogP contribution in [0, 0.1) is 0 Å². The molecule has 0 aromatic heterocycles. The molecule has 1 aromatic rings. The van der Waals surface area contributed by atoms with Gasteiger partial charge in [0, 0.05) is 0 Å². The summed E-state index contributed by atoms with van der Waals surface area (Å²) in [5.74, 6) is 0. The van der Waals surface area contributed by atoms with Crippen molar-refractivity contribution in [3.63, 3.8) is 0 Å². The summed E-state index contributed by atoms with van der Waals surface area (Å²) in [6, 6.07) is 7.23. The van der Waals surface area contributed by atoms with Crippen molar-refractivity contribution in [2.75, 3.05) is 0 Å². The van der Waals surface area contributed by atoms with Crippen molar-refractivity contribution in [2.45, 2.75) is 76.3 Å². The number of halogens is 2. The second-order valence-electron chi connectivity index (χ2n) is 7.16. The summed E-state index contributed by atoms with van der Waals surface area (Å²) in [6.07, 6.45) is 16.8. The van der Waals surface area contributed by atoms with E-state index < -0.39 is 19.4 Å². The quantitative estimate of drug-likeness (QED) is 0.334. The van der Waals surface area contributed by atoms with Gasteiger partial charge in [0.15, 0.2) is 0 Å². The monoisotopic (exact) mass is 574 g/mol. The Morgan fingerprint density at radius 3 is 1.60 bits per heavy atom. The van der Waals surface area contributed by atoms with Gasteiger partial charge in [0.1, 0.15) is 0 Å². The van der Waals surface area contributed by atoms with E-state index in [4.69, 9.17) is 27.0 Å². The van der Waals surface area contributed by atoms with Gasteiger partial charge in [-0.15, -0.1) is 0 Å². The van der Waals surface area contributed by atoms with E-state index in [9.17, 15) is 0 Å². The van der Waals surface area contributed by atoms with E-state index in [1.54, 1.807) is 0 Å². The van der Waals surface area contributed by atoms with Crippen molar-refractivity contribution in [1.82, 2.24) is 0 Å². The maximum atomic E-state index is 6.50. The molecule has 2 fully saturated rings. The molecule has 0 spiro atoms. The summed E-state index contributed by atoms with van der Waals surface area (Å²) in [5.41, 5.74) is 2.22. The minimum absolute atomic E-state index is 0.472. The van der Waals surface area contributed by atoms with Crippen LogP contribution in [-0.4, -0.2) is 43.9 Å². The summed E-state index contributed by atoms with van der Waals surface area (Å²) in [4.78, 5) is 9.67. The fourth-order valence-corrected chi connectivity index (χ4v) is 9.79. The van der Waals surface area contributed by atoms with Gasteiger partial charge >= 0.3 is 168 Å². The van der Waals surface area contributed by atoms with Crippen molar-refractivity contribution in [3.05, 3.63) is 29.3 Å². The van der Waals surface area contributed by atoms with Gasteiger partial charge in [-0.2, -0.15) is 0 Å². The van der Waals surface area contributed by atoms with Crippen LogP contribution in [0.1, 0.15) is 75.3 Å². The topological polar surface area (TPSA) is 24.7 Å². The first kappa shape index (κ1) is 19.8. The fraction of sp³-hybridized carbons (Fsp3) is 0.600. The van der Waals surface area contributed by atoms with Gasteiger partial charge in [-0.05, 0) is 0 Å². The molecule has 5 heteroatoms. The van der Waals surface area contributed by atoms with Crippen LogP contribution >= 0.6 is 17.0 Å². The van der Waals surface area contributed by atoms with E-state index in [1.165, 1.54) is 64.2 Å². The number of rotatable bonds is 5. The Morgan fingerprint density at radius 1 is 0.760 bits per heavy atom. The van der Waals surface area contributed by atoms with E-state index >= 15 is 0 Å². The van der Waals surface area contributed by atoms with E-state index in [2.05, 4.69) is 18.2 Å². The summed E-state index contributed by atoms with van der Waals surface area (Å²) in [5, 5.41) is 0. The average molecular weight is 575 g/mol. The number of benzene rings is 1. The first-order valence-electron chi connectivity index (χ1n) is 9.55.